The molecule has 0 fully saturated rings. The second-order valence-electron chi connectivity index (χ2n) is 5.38. The Bertz CT molecular complexity index is 1050. The molecule has 0 radical (unpaired) electrons. The van der Waals surface area contributed by atoms with E-state index in [1.54, 1.807) is 17.4 Å². The maximum absolute atomic E-state index is 9.76. The van der Waals surface area contributed by atoms with Crippen molar-refractivity contribution in [1.82, 2.24) is 4.98 Å². The Morgan fingerprint density at radius 1 is 0.917 bits per heavy atom. The minimum Gasteiger partial charge on any atom is -0.423 e. The van der Waals surface area contributed by atoms with Gasteiger partial charge in [-0.05, 0) is 36.4 Å². The molecule has 1 aliphatic carbocycles. The molecule has 2 aromatic carbocycles. The second kappa shape index (κ2) is 6.16. The fourth-order valence-electron chi connectivity index (χ4n) is 2.60. The first-order valence-corrected chi connectivity index (χ1v) is 8.32. The van der Waals surface area contributed by atoms with E-state index < -0.39 is 7.12 Å². The number of fused-ring (bicyclic) bond motifs is 2. The van der Waals surface area contributed by atoms with Crippen LogP contribution < -0.4 is 10.8 Å². The lowest BCUT2D eigenvalue weighted by atomic mass is 9.78. The Hall–Kier alpha value is -2.54. The highest BCUT2D eigenvalue weighted by Gasteiger charge is 2.21. The Morgan fingerprint density at radius 2 is 1.67 bits per heavy atom. The molecule has 0 unspecified atom stereocenters. The van der Waals surface area contributed by atoms with Crippen molar-refractivity contribution in [3.05, 3.63) is 72.1 Å². The molecular formula is C18H13BN2O2S. The van der Waals surface area contributed by atoms with Gasteiger partial charge in [0.15, 0.2) is 0 Å². The Labute approximate surface area is 142 Å². The number of benzene rings is 3. The van der Waals surface area contributed by atoms with Gasteiger partial charge in [-0.2, -0.15) is 0 Å². The molecule has 2 aromatic rings. The summed E-state index contributed by atoms with van der Waals surface area (Å²) in [6, 6.07) is 21.0. The maximum atomic E-state index is 9.76. The molecule has 0 amide bonds. The van der Waals surface area contributed by atoms with E-state index in [-0.39, 0.29) is 0 Å². The van der Waals surface area contributed by atoms with Crippen LogP contribution in [0.5, 0.6) is 0 Å². The van der Waals surface area contributed by atoms with Crippen molar-refractivity contribution < 1.29 is 10.0 Å². The summed E-state index contributed by atoms with van der Waals surface area (Å²) >= 11 is 1.56. The van der Waals surface area contributed by atoms with Crippen molar-refractivity contribution in [3.63, 3.8) is 0 Å². The highest BCUT2D eigenvalue weighted by molar-refractivity contribution is 7.21. The zero-order valence-corrected chi connectivity index (χ0v) is 13.4. The van der Waals surface area contributed by atoms with Gasteiger partial charge in [-0.3, -0.25) is 0 Å². The van der Waals surface area contributed by atoms with Gasteiger partial charge in [0, 0.05) is 5.46 Å². The summed E-state index contributed by atoms with van der Waals surface area (Å²) in [6.45, 7) is 0. The third kappa shape index (κ3) is 2.83. The maximum Gasteiger partial charge on any atom is 0.490 e. The van der Waals surface area contributed by atoms with E-state index in [0.29, 0.717) is 16.5 Å². The molecule has 1 aliphatic heterocycles. The normalized spacial score (nSPS) is 12.0. The molecule has 4 nitrogen and oxygen atoms in total. The SMILES string of the molecule is OB(O)c1cc(=Nc2ccccc2)cc2sc3ccccc3nc1-2. The largest absolute Gasteiger partial charge is 0.490 e. The Kier molecular flexibility index (Phi) is 3.86. The number of aromatic nitrogens is 1. The van der Waals surface area contributed by atoms with Gasteiger partial charge in [0.1, 0.15) is 0 Å². The molecule has 0 saturated heterocycles. The highest BCUT2D eigenvalue weighted by atomic mass is 32.1. The summed E-state index contributed by atoms with van der Waals surface area (Å²) in [6.07, 6.45) is 0. The lowest BCUT2D eigenvalue weighted by molar-refractivity contribution is 0.426. The predicted molar refractivity (Wildman–Crippen MR) is 97.7 cm³/mol. The molecule has 6 heteroatoms. The minimum absolute atomic E-state index is 0.365. The van der Waals surface area contributed by atoms with E-state index in [1.165, 1.54) is 0 Å². The molecule has 0 atom stereocenters. The summed E-state index contributed by atoms with van der Waals surface area (Å²) in [5.41, 5.74) is 2.61. The predicted octanol–water partition coefficient (Wildman–Crippen LogP) is 2.31. The molecule has 4 rings (SSSR count). The van der Waals surface area contributed by atoms with Gasteiger partial charge in [0.05, 0.1) is 31.8 Å². The minimum atomic E-state index is -1.60. The van der Waals surface area contributed by atoms with E-state index >= 15 is 0 Å². The quantitative estimate of drug-likeness (QED) is 0.437. The number of hydrogen-bond donors (Lipinski definition) is 2. The zero-order chi connectivity index (χ0) is 16.5. The van der Waals surface area contributed by atoms with Crippen LogP contribution in [0.2, 0.25) is 0 Å². The molecule has 116 valence electrons. The lowest BCUT2D eigenvalue weighted by Crippen LogP contribution is -2.35. The Balaban J connectivity index is 2.02. The second-order valence-corrected chi connectivity index (χ2v) is 6.47. The van der Waals surface area contributed by atoms with E-state index in [0.717, 1.165) is 20.8 Å². The van der Waals surface area contributed by atoms with Crippen LogP contribution in [0.1, 0.15) is 0 Å². The average molecular weight is 332 g/mol. The van der Waals surface area contributed by atoms with Crippen LogP contribution in [0.3, 0.4) is 0 Å². The fraction of sp³-hybridized carbons (Fsp3) is 0. The molecule has 2 aliphatic rings. The molecule has 0 spiro atoms. The van der Waals surface area contributed by atoms with Gasteiger partial charge in [0.2, 0.25) is 0 Å². The molecular weight excluding hydrogens is 319 g/mol. The van der Waals surface area contributed by atoms with Crippen molar-refractivity contribution >= 4 is 39.8 Å². The van der Waals surface area contributed by atoms with Crippen LogP contribution in [0, 0.1) is 0 Å². The zero-order valence-electron chi connectivity index (χ0n) is 12.6. The molecule has 2 N–H and O–H groups in total. The van der Waals surface area contributed by atoms with Crippen LogP contribution in [0.4, 0.5) is 5.69 Å². The average Bonchev–Trinajstić information content (AvgIpc) is 2.60. The first-order valence-electron chi connectivity index (χ1n) is 7.50. The van der Waals surface area contributed by atoms with Gasteiger partial charge >= 0.3 is 7.12 Å². The highest BCUT2D eigenvalue weighted by Crippen LogP contribution is 2.28. The van der Waals surface area contributed by atoms with E-state index in [2.05, 4.69) is 9.98 Å². The van der Waals surface area contributed by atoms with Crippen molar-refractivity contribution in [2.45, 2.75) is 0 Å². The number of nitrogens with zero attached hydrogens (tertiary/aromatic N) is 2. The van der Waals surface area contributed by atoms with Crippen LogP contribution >= 0.6 is 11.3 Å². The molecule has 0 aromatic heterocycles. The summed E-state index contributed by atoms with van der Waals surface area (Å²) in [5, 5.41) is 20.2. The monoisotopic (exact) mass is 332 g/mol. The fourth-order valence-corrected chi connectivity index (χ4v) is 3.64. The van der Waals surface area contributed by atoms with Crippen LogP contribution in [0.25, 0.3) is 20.8 Å². The molecule has 0 bridgehead atoms. The molecule has 1 heterocycles. The van der Waals surface area contributed by atoms with Gasteiger partial charge in [-0.25, -0.2) is 9.98 Å². The van der Waals surface area contributed by atoms with Crippen molar-refractivity contribution in [3.8, 4) is 10.6 Å². The smallest absolute Gasteiger partial charge is 0.423 e. The topological polar surface area (TPSA) is 65.7 Å². The molecule has 24 heavy (non-hydrogen) atoms. The van der Waals surface area contributed by atoms with Gasteiger partial charge < -0.3 is 10.0 Å². The summed E-state index contributed by atoms with van der Waals surface area (Å²) in [4.78, 5) is 10.0. The van der Waals surface area contributed by atoms with Crippen molar-refractivity contribution in [2.75, 3.05) is 0 Å². The number of para-hydroxylation sites is 2. The Morgan fingerprint density at radius 3 is 2.46 bits per heavy atom. The van der Waals surface area contributed by atoms with Gasteiger partial charge in [-0.1, -0.05) is 30.3 Å². The van der Waals surface area contributed by atoms with Crippen LogP contribution in [-0.4, -0.2) is 22.2 Å². The third-order valence-corrected chi connectivity index (χ3v) is 4.80. The van der Waals surface area contributed by atoms with E-state index in [9.17, 15) is 10.0 Å². The molecule has 0 saturated carbocycles. The van der Waals surface area contributed by atoms with Gasteiger partial charge in [0.25, 0.3) is 0 Å². The van der Waals surface area contributed by atoms with Crippen LogP contribution in [0.15, 0.2) is 71.7 Å². The first kappa shape index (κ1) is 15.0. The van der Waals surface area contributed by atoms with Crippen molar-refractivity contribution in [2.24, 2.45) is 4.99 Å². The number of rotatable bonds is 2. The van der Waals surface area contributed by atoms with E-state index in [1.807, 2.05) is 60.7 Å². The standard InChI is InChI=1S/C18H13BN2O2S/c22-19(23)14-10-13(20-12-6-2-1-3-7-12)11-17-18(14)21-15-8-4-5-9-16(15)24-17/h1-11,22-23H. The first-order chi connectivity index (χ1) is 11.7. The third-order valence-electron chi connectivity index (χ3n) is 3.70. The van der Waals surface area contributed by atoms with E-state index in [4.69, 9.17) is 0 Å². The summed E-state index contributed by atoms with van der Waals surface area (Å²) in [7, 11) is -1.60. The lowest BCUT2D eigenvalue weighted by Gasteiger charge is -2.11. The number of hydrogen-bond acceptors (Lipinski definition) is 5. The van der Waals surface area contributed by atoms with Crippen LogP contribution in [-0.2, 0) is 0 Å². The summed E-state index contributed by atoms with van der Waals surface area (Å²) < 4.78 is 1.04. The van der Waals surface area contributed by atoms with Gasteiger partial charge in [-0.15, -0.1) is 11.3 Å². The van der Waals surface area contributed by atoms with Crippen molar-refractivity contribution in [1.29, 1.82) is 0 Å². The summed E-state index contributed by atoms with van der Waals surface area (Å²) in [5.74, 6) is 0.